The molecule has 1 N–H and O–H groups in total. The van der Waals surface area contributed by atoms with Gasteiger partial charge in [-0.1, -0.05) is 51.5 Å². The average molecular weight is 581 g/mol. The van der Waals surface area contributed by atoms with Crippen LogP contribution < -0.4 is 4.90 Å². The molecule has 0 aliphatic carbocycles. The van der Waals surface area contributed by atoms with Crippen molar-refractivity contribution in [1.29, 1.82) is 0 Å². The lowest BCUT2D eigenvalue weighted by molar-refractivity contribution is -0.163. The maximum absolute atomic E-state index is 14.9. The minimum absolute atomic E-state index is 0.0902. The van der Waals surface area contributed by atoms with Gasteiger partial charge in [0.1, 0.15) is 17.6 Å². The molecule has 2 bridgehead atoms. The van der Waals surface area contributed by atoms with Gasteiger partial charge >= 0.3 is 5.97 Å². The number of rotatable bonds is 13. The maximum Gasteiger partial charge on any atom is 0.312 e. The van der Waals surface area contributed by atoms with E-state index in [0.29, 0.717) is 25.7 Å². The number of anilines is 1. The molecule has 3 unspecified atom stereocenters. The van der Waals surface area contributed by atoms with Crippen LogP contribution in [0.2, 0.25) is 0 Å². The van der Waals surface area contributed by atoms with E-state index in [0.717, 1.165) is 16.8 Å². The first-order valence-corrected chi connectivity index (χ1v) is 15.3. The van der Waals surface area contributed by atoms with Gasteiger partial charge in [0, 0.05) is 12.2 Å². The minimum atomic E-state index is -1.23. The summed E-state index contributed by atoms with van der Waals surface area (Å²) in [6.07, 6.45) is 5.94. The Morgan fingerprint density at radius 3 is 2.62 bits per heavy atom. The minimum Gasteiger partial charge on any atom is -0.465 e. The van der Waals surface area contributed by atoms with E-state index < -0.39 is 41.1 Å². The van der Waals surface area contributed by atoms with Gasteiger partial charge in [0.05, 0.1) is 30.8 Å². The van der Waals surface area contributed by atoms with Crippen LogP contribution in [-0.2, 0) is 23.9 Å². The molecule has 3 heterocycles. The fraction of sp³-hybridized carbons (Fsp3) is 0.618. The zero-order valence-electron chi connectivity index (χ0n) is 26.1. The Labute approximate surface area is 250 Å². The number of fused-ring (bicyclic) bond motifs is 1. The van der Waals surface area contributed by atoms with Gasteiger partial charge in [-0.2, -0.15) is 0 Å². The number of likely N-dealkylation sites (tertiary alicyclic amines) is 1. The number of allylic oxidation sites excluding steroid dienone is 1. The summed E-state index contributed by atoms with van der Waals surface area (Å²) < 4.78 is 12.6. The van der Waals surface area contributed by atoms with Crippen molar-refractivity contribution < 1.29 is 29.0 Å². The summed E-state index contributed by atoms with van der Waals surface area (Å²) in [6, 6.07) is 4.29. The lowest BCUT2D eigenvalue weighted by Crippen LogP contribution is -2.60. The van der Waals surface area contributed by atoms with E-state index in [-0.39, 0.29) is 43.4 Å². The Bertz CT molecular complexity index is 1230. The zero-order chi connectivity index (χ0) is 31.0. The molecule has 0 saturated carbocycles. The molecule has 0 aromatic heterocycles. The summed E-state index contributed by atoms with van der Waals surface area (Å²) >= 11 is 0. The summed E-state index contributed by atoms with van der Waals surface area (Å²) in [5.41, 5.74) is 0.457. The number of aliphatic hydroxyl groups is 1. The van der Waals surface area contributed by atoms with Crippen LogP contribution in [-0.4, -0.2) is 70.8 Å². The SMILES string of the molecule is C=CCCCOC(=O)[C@H]1[C@H]2C(=O)N([C@@H](CO)[C@@H](C)CC)C(C(=O)N(CC=C)c3cc(C)ccc3C)C23CC(C)[C@]1(C)O3. The highest BCUT2D eigenvalue weighted by Crippen LogP contribution is 2.66. The fourth-order valence-corrected chi connectivity index (χ4v) is 7.57. The third-order valence-corrected chi connectivity index (χ3v) is 10.1. The van der Waals surface area contributed by atoms with E-state index in [1.54, 1.807) is 22.0 Å². The number of ether oxygens (including phenoxy) is 2. The molecule has 4 rings (SSSR count). The summed E-state index contributed by atoms with van der Waals surface area (Å²) in [4.78, 5) is 46.5. The number of unbranched alkanes of at least 4 members (excludes halogenated alkanes) is 1. The summed E-state index contributed by atoms with van der Waals surface area (Å²) in [7, 11) is 0. The number of nitrogens with zero attached hydrogens (tertiary/aromatic N) is 2. The van der Waals surface area contributed by atoms with E-state index in [1.165, 1.54) is 0 Å². The number of amides is 2. The predicted octanol–water partition coefficient (Wildman–Crippen LogP) is 4.75. The number of hydrogen-bond donors (Lipinski definition) is 1. The van der Waals surface area contributed by atoms with Gasteiger partial charge in [-0.3, -0.25) is 14.4 Å². The molecule has 8 nitrogen and oxygen atoms in total. The molecule has 3 saturated heterocycles. The van der Waals surface area contributed by atoms with Crippen molar-refractivity contribution >= 4 is 23.5 Å². The normalized spacial score (nSPS) is 31.0. The van der Waals surface area contributed by atoms with Crippen molar-refractivity contribution in [3.8, 4) is 0 Å². The van der Waals surface area contributed by atoms with E-state index in [2.05, 4.69) is 13.2 Å². The largest absolute Gasteiger partial charge is 0.465 e. The first-order valence-electron chi connectivity index (χ1n) is 15.3. The molecule has 1 aromatic carbocycles. The third kappa shape index (κ3) is 5.00. The second kappa shape index (κ2) is 12.3. The maximum atomic E-state index is 14.9. The molecular formula is C34H48N2O6. The molecular weight excluding hydrogens is 532 g/mol. The molecule has 42 heavy (non-hydrogen) atoms. The Hall–Kier alpha value is -2.97. The molecule has 0 radical (unpaired) electrons. The van der Waals surface area contributed by atoms with Crippen molar-refractivity contribution in [2.75, 3.05) is 24.7 Å². The van der Waals surface area contributed by atoms with Crippen molar-refractivity contribution in [3.63, 3.8) is 0 Å². The number of esters is 1. The molecule has 3 aliphatic rings. The predicted molar refractivity (Wildman–Crippen MR) is 163 cm³/mol. The average Bonchev–Trinajstić information content (AvgIpc) is 3.47. The number of hydrogen-bond acceptors (Lipinski definition) is 6. The number of carbonyl (C=O) groups is 3. The van der Waals surface area contributed by atoms with Crippen LogP contribution in [0.4, 0.5) is 5.69 Å². The molecule has 1 spiro atoms. The Balaban J connectivity index is 1.86. The first-order chi connectivity index (χ1) is 19.9. The van der Waals surface area contributed by atoms with Gasteiger partial charge in [-0.25, -0.2) is 0 Å². The number of aryl methyl sites for hydroxylation is 2. The smallest absolute Gasteiger partial charge is 0.312 e. The van der Waals surface area contributed by atoms with Crippen LogP contribution in [0, 0.1) is 37.5 Å². The van der Waals surface area contributed by atoms with Crippen molar-refractivity contribution in [1.82, 2.24) is 4.90 Å². The molecule has 2 amide bonds. The van der Waals surface area contributed by atoms with Gasteiger partial charge in [-0.15, -0.1) is 13.2 Å². The Morgan fingerprint density at radius 1 is 1.29 bits per heavy atom. The second-order valence-electron chi connectivity index (χ2n) is 12.7. The molecule has 3 aliphatic heterocycles. The second-order valence-corrected chi connectivity index (χ2v) is 12.7. The quantitative estimate of drug-likeness (QED) is 0.206. The van der Waals surface area contributed by atoms with Gasteiger partial charge in [0.25, 0.3) is 5.91 Å². The highest BCUT2D eigenvalue weighted by molar-refractivity contribution is 6.05. The number of carbonyl (C=O) groups excluding carboxylic acids is 3. The summed E-state index contributed by atoms with van der Waals surface area (Å²) in [6.45, 7) is 19.6. The zero-order valence-corrected chi connectivity index (χ0v) is 26.1. The van der Waals surface area contributed by atoms with Crippen LogP contribution in [0.3, 0.4) is 0 Å². The van der Waals surface area contributed by atoms with Crippen LogP contribution in [0.25, 0.3) is 0 Å². The van der Waals surface area contributed by atoms with Crippen molar-refractivity contribution in [2.45, 2.75) is 90.5 Å². The molecule has 8 atom stereocenters. The highest BCUT2D eigenvalue weighted by Gasteiger charge is 2.81. The third-order valence-electron chi connectivity index (χ3n) is 10.1. The standard InChI is InChI=1S/C34H48N2O6/c1-9-12-13-17-41-32(40)28-27-30(38)36(26(20-37)22(5)11-3)29(34(27)19-24(7)33(28,8)42-34)31(39)35(16-10-2)25-18-21(4)14-15-23(25)6/h9-10,14-15,18,22,24,26-29,37H,1-2,11-13,16-17,19-20H2,3-8H3/t22-,24?,26-,27-,28+,29?,33-,34?/m0/s1. The van der Waals surface area contributed by atoms with E-state index in [1.807, 2.05) is 59.7 Å². The van der Waals surface area contributed by atoms with Crippen LogP contribution >= 0.6 is 0 Å². The van der Waals surface area contributed by atoms with Crippen LogP contribution in [0.15, 0.2) is 43.5 Å². The lowest BCUT2D eigenvalue weighted by Gasteiger charge is -2.41. The number of benzene rings is 1. The molecule has 1 aromatic rings. The highest BCUT2D eigenvalue weighted by atomic mass is 16.6. The van der Waals surface area contributed by atoms with Gasteiger partial charge in [0.15, 0.2) is 0 Å². The van der Waals surface area contributed by atoms with Gasteiger partial charge < -0.3 is 24.4 Å². The monoisotopic (exact) mass is 580 g/mol. The van der Waals surface area contributed by atoms with E-state index in [4.69, 9.17) is 9.47 Å². The molecule has 8 heteroatoms. The summed E-state index contributed by atoms with van der Waals surface area (Å²) in [5, 5.41) is 10.6. The topological polar surface area (TPSA) is 96.4 Å². The van der Waals surface area contributed by atoms with Crippen LogP contribution in [0.5, 0.6) is 0 Å². The Morgan fingerprint density at radius 2 is 2.00 bits per heavy atom. The molecule has 3 fully saturated rings. The lowest BCUT2D eigenvalue weighted by atomic mass is 9.62. The van der Waals surface area contributed by atoms with Gasteiger partial charge in [-0.05, 0) is 69.1 Å². The first kappa shape index (κ1) is 32.0. The molecule has 230 valence electrons. The van der Waals surface area contributed by atoms with Crippen molar-refractivity contribution in [2.24, 2.45) is 23.7 Å². The van der Waals surface area contributed by atoms with E-state index >= 15 is 0 Å². The summed E-state index contributed by atoms with van der Waals surface area (Å²) in [5.74, 6) is -3.03. The van der Waals surface area contributed by atoms with Gasteiger partial charge in [0.2, 0.25) is 5.91 Å². The number of aliphatic hydroxyl groups excluding tert-OH is 1. The Kier molecular flexibility index (Phi) is 9.38. The van der Waals surface area contributed by atoms with Crippen LogP contribution in [0.1, 0.15) is 64.5 Å². The van der Waals surface area contributed by atoms with Crippen molar-refractivity contribution in [3.05, 3.63) is 54.6 Å². The fourth-order valence-electron chi connectivity index (χ4n) is 7.57. The van der Waals surface area contributed by atoms with E-state index in [9.17, 15) is 19.5 Å².